The molecule has 3 heterocycles. The molecule has 0 unspecified atom stereocenters. The van der Waals surface area contributed by atoms with Crippen LogP contribution in [0.15, 0.2) is 55.0 Å². The number of aromatic amines is 1. The van der Waals surface area contributed by atoms with Crippen LogP contribution in [-0.4, -0.2) is 35.3 Å². The molecule has 1 aliphatic heterocycles. The van der Waals surface area contributed by atoms with Gasteiger partial charge in [0.15, 0.2) is 0 Å². The number of nitrogens with one attached hydrogen (secondary N) is 1. The second-order valence-corrected chi connectivity index (χ2v) is 5.84. The lowest BCUT2D eigenvalue weighted by molar-refractivity contribution is 0.735. The molecule has 1 N–H and O–H groups in total. The van der Waals surface area contributed by atoms with Crippen LogP contribution < -0.4 is 9.80 Å². The van der Waals surface area contributed by atoms with Gasteiger partial charge >= 0.3 is 0 Å². The highest BCUT2D eigenvalue weighted by Gasteiger charge is 2.21. The number of nitrogens with zero attached hydrogens (tertiary/aromatic N) is 4. The predicted octanol–water partition coefficient (Wildman–Crippen LogP) is 2.93. The Balaban J connectivity index is 1.66. The van der Waals surface area contributed by atoms with Crippen LogP contribution in [0.3, 0.4) is 0 Å². The summed E-state index contributed by atoms with van der Waals surface area (Å²) in [7, 11) is 2.15. The summed E-state index contributed by atoms with van der Waals surface area (Å²) < 4.78 is 0. The number of fused-ring (bicyclic) bond motifs is 1. The normalized spacial score (nSPS) is 14.0. The SMILES string of the molecule is CN1CCN(Cc2cn[nH]c2-c2cccnc2)c2ccccc21. The molecule has 0 saturated carbocycles. The lowest BCUT2D eigenvalue weighted by Gasteiger charge is -2.37. The van der Waals surface area contributed by atoms with Gasteiger partial charge in [-0.1, -0.05) is 12.1 Å². The highest BCUT2D eigenvalue weighted by atomic mass is 15.3. The van der Waals surface area contributed by atoms with Crippen molar-refractivity contribution in [1.29, 1.82) is 0 Å². The van der Waals surface area contributed by atoms with Crippen molar-refractivity contribution in [3.8, 4) is 11.3 Å². The zero-order valence-electron chi connectivity index (χ0n) is 13.1. The first-order valence-corrected chi connectivity index (χ1v) is 7.80. The summed E-state index contributed by atoms with van der Waals surface area (Å²) in [6.45, 7) is 2.87. The largest absolute Gasteiger partial charge is 0.371 e. The Morgan fingerprint density at radius 1 is 1.04 bits per heavy atom. The zero-order valence-corrected chi connectivity index (χ0v) is 13.1. The maximum absolute atomic E-state index is 4.25. The van der Waals surface area contributed by atoms with Crippen LogP contribution >= 0.6 is 0 Å². The van der Waals surface area contributed by atoms with E-state index >= 15 is 0 Å². The van der Waals surface area contributed by atoms with Crippen LogP contribution in [0.25, 0.3) is 11.3 Å². The Labute approximate surface area is 135 Å². The molecular weight excluding hydrogens is 286 g/mol. The van der Waals surface area contributed by atoms with Gasteiger partial charge in [-0.2, -0.15) is 5.10 Å². The van der Waals surface area contributed by atoms with E-state index in [1.165, 1.54) is 16.9 Å². The van der Waals surface area contributed by atoms with Crippen molar-refractivity contribution in [2.75, 3.05) is 29.9 Å². The Hall–Kier alpha value is -2.82. The standard InChI is InChI=1S/C18H19N5/c1-22-9-10-23(17-7-3-2-6-16(17)22)13-15-12-20-21-18(15)14-5-4-8-19-11-14/h2-8,11-12H,9-10,13H2,1H3,(H,20,21). The van der Waals surface area contributed by atoms with Crippen LogP contribution in [0.5, 0.6) is 0 Å². The van der Waals surface area contributed by atoms with Gasteiger partial charge in [-0.05, 0) is 24.3 Å². The molecule has 1 aliphatic rings. The predicted molar refractivity (Wildman–Crippen MR) is 92.6 cm³/mol. The van der Waals surface area contributed by atoms with Crippen molar-refractivity contribution < 1.29 is 0 Å². The van der Waals surface area contributed by atoms with Crippen molar-refractivity contribution >= 4 is 11.4 Å². The molecule has 0 saturated heterocycles. The molecule has 0 atom stereocenters. The van der Waals surface area contributed by atoms with Gasteiger partial charge in [0.25, 0.3) is 0 Å². The van der Waals surface area contributed by atoms with E-state index in [2.05, 4.69) is 62.4 Å². The number of H-pyrrole nitrogens is 1. The number of hydrogen-bond acceptors (Lipinski definition) is 4. The van der Waals surface area contributed by atoms with Crippen molar-refractivity contribution in [2.45, 2.75) is 6.54 Å². The summed E-state index contributed by atoms with van der Waals surface area (Å²) in [5.41, 5.74) is 5.87. The summed E-state index contributed by atoms with van der Waals surface area (Å²) in [6.07, 6.45) is 5.58. The molecule has 116 valence electrons. The number of para-hydroxylation sites is 2. The van der Waals surface area contributed by atoms with E-state index in [9.17, 15) is 0 Å². The molecular formula is C18H19N5. The summed E-state index contributed by atoms with van der Waals surface area (Å²) in [5.74, 6) is 0. The second kappa shape index (κ2) is 5.76. The van der Waals surface area contributed by atoms with Crippen LogP contribution in [0.4, 0.5) is 11.4 Å². The highest BCUT2D eigenvalue weighted by Crippen LogP contribution is 2.33. The van der Waals surface area contributed by atoms with Crippen molar-refractivity contribution in [3.63, 3.8) is 0 Å². The summed E-state index contributed by atoms with van der Waals surface area (Å²) in [4.78, 5) is 8.93. The fourth-order valence-corrected chi connectivity index (χ4v) is 3.13. The average molecular weight is 305 g/mol. The molecule has 0 radical (unpaired) electrons. The third-order valence-corrected chi connectivity index (χ3v) is 4.37. The van der Waals surface area contributed by atoms with E-state index in [0.717, 1.165) is 30.9 Å². The van der Waals surface area contributed by atoms with Gasteiger partial charge in [-0.15, -0.1) is 0 Å². The van der Waals surface area contributed by atoms with E-state index < -0.39 is 0 Å². The molecule has 4 rings (SSSR count). The number of aromatic nitrogens is 3. The third kappa shape index (κ3) is 2.54. The monoisotopic (exact) mass is 305 g/mol. The number of hydrogen-bond donors (Lipinski definition) is 1. The van der Waals surface area contributed by atoms with Gasteiger partial charge in [0.2, 0.25) is 0 Å². The third-order valence-electron chi connectivity index (χ3n) is 4.37. The van der Waals surface area contributed by atoms with Crippen LogP contribution in [0, 0.1) is 0 Å². The minimum atomic E-state index is 0.839. The summed E-state index contributed by atoms with van der Waals surface area (Å²) in [5, 5.41) is 7.36. The maximum Gasteiger partial charge on any atom is 0.0715 e. The topological polar surface area (TPSA) is 48.0 Å². The molecule has 3 aromatic rings. The molecule has 5 heteroatoms. The molecule has 1 aromatic carbocycles. The number of rotatable bonds is 3. The van der Waals surface area contributed by atoms with Gasteiger partial charge in [-0.3, -0.25) is 10.1 Å². The average Bonchev–Trinajstić information content (AvgIpc) is 3.07. The molecule has 0 spiro atoms. The summed E-state index contributed by atoms with van der Waals surface area (Å²) in [6, 6.07) is 12.6. The minimum absolute atomic E-state index is 0.839. The zero-order chi connectivity index (χ0) is 15.6. The molecule has 0 fully saturated rings. The van der Waals surface area contributed by atoms with Gasteiger partial charge in [0.05, 0.1) is 23.3 Å². The van der Waals surface area contributed by atoms with E-state index in [4.69, 9.17) is 0 Å². The maximum atomic E-state index is 4.25. The first-order chi connectivity index (χ1) is 11.3. The Bertz CT molecular complexity index is 796. The molecule has 23 heavy (non-hydrogen) atoms. The Morgan fingerprint density at radius 3 is 2.74 bits per heavy atom. The lowest BCUT2D eigenvalue weighted by Crippen LogP contribution is -2.38. The van der Waals surface area contributed by atoms with Crippen molar-refractivity contribution in [3.05, 3.63) is 60.6 Å². The first kappa shape index (κ1) is 13.8. The van der Waals surface area contributed by atoms with Crippen LogP contribution in [-0.2, 0) is 6.54 Å². The fourth-order valence-electron chi connectivity index (χ4n) is 3.13. The molecule has 0 bridgehead atoms. The van der Waals surface area contributed by atoms with Crippen molar-refractivity contribution in [2.24, 2.45) is 0 Å². The number of anilines is 2. The van der Waals surface area contributed by atoms with Crippen LogP contribution in [0.2, 0.25) is 0 Å². The fraction of sp³-hybridized carbons (Fsp3) is 0.222. The highest BCUT2D eigenvalue weighted by molar-refractivity contribution is 5.73. The van der Waals surface area contributed by atoms with E-state index in [-0.39, 0.29) is 0 Å². The molecule has 2 aromatic heterocycles. The van der Waals surface area contributed by atoms with Gasteiger partial charge in [0, 0.05) is 50.2 Å². The number of pyridine rings is 1. The van der Waals surface area contributed by atoms with Crippen molar-refractivity contribution in [1.82, 2.24) is 15.2 Å². The molecule has 0 aliphatic carbocycles. The number of likely N-dealkylation sites (N-methyl/N-ethyl adjacent to an activating group) is 1. The first-order valence-electron chi connectivity index (χ1n) is 7.80. The number of benzene rings is 1. The molecule has 5 nitrogen and oxygen atoms in total. The molecule has 0 amide bonds. The van der Waals surface area contributed by atoms with E-state index in [0.29, 0.717) is 0 Å². The Kier molecular flexibility index (Phi) is 3.46. The quantitative estimate of drug-likeness (QED) is 0.808. The van der Waals surface area contributed by atoms with E-state index in [1.54, 1.807) is 6.20 Å². The van der Waals surface area contributed by atoms with E-state index in [1.807, 2.05) is 18.5 Å². The van der Waals surface area contributed by atoms with Gasteiger partial charge in [0.1, 0.15) is 0 Å². The summed E-state index contributed by atoms with van der Waals surface area (Å²) >= 11 is 0. The second-order valence-electron chi connectivity index (χ2n) is 5.84. The van der Waals surface area contributed by atoms with Gasteiger partial charge < -0.3 is 9.80 Å². The lowest BCUT2D eigenvalue weighted by atomic mass is 10.1. The van der Waals surface area contributed by atoms with Crippen LogP contribution in [0.1, 0.15) is 5.56 Å². The smallest absolute Gasteiger partial charge is 0.0715 e. The Morgan fingerprint density at radius 2 is 1.91 bits per heavy atom. The van der Waals surface area contributed by atoms with Gasteiger partial charge in [-0.25, -0.2) is 0 Å². The minimum Gasteiger partial charge on any atom is -0.371 e.